The molecule has 2 N–H and O–H groups in total. The SMILES string of the molecule is COc1ccc(NC(=O)CNc2ccccc2OC)c([N+](=O)[O-])c1. The molecule has 0 saturated carbocycles. The number of hydrogen-bond donors (Lipinski definition) is 2. The first-order valence-corrected chi connectivity index (χ1v) is 7.04. The number of rotatable bonds is 7. The summed E-state index contributed by atoms with van der Waals surface area (Å²) in [5.41, 5.74) is 0.520. The molecule has 0 saturated heterocycles. The smallest absolute Gasteiger partial charge is 0.296 e. The van der Waals surface area contributed by atoms with Crippen molar-refractivity contribution in [2.24, 2.45) is 0 Å². The number of nitrogens with zero attached hydrogens (tertiary/aromatic N) is 1. The topological polar surface area (TPSA) is 103 Å². The zero-order valence-corrected chi connectivity index (χ0v) is 13.2. The Bertz CT molecular complexity index is 748. The van der Waals surface area contributed by atoms with Gasteiger partial charge in [0.2, 0.25) is 5.91 Å². The second kappa shape index (κ2) is 7.82. The lowest BCUT2D eigenvalue weighted by atomic mass is 10.2. The molecule has 24 heavy (non-hydrogen) atoms. The lowest BCUT2D eigenvalue weighted by Gasteiger charge is -2.11. The van der Waals surface area contributed by atoms with Gasteiger partial charge in [-0.15, -0.1) is 0 Å². The van der Waals surface area contributed by atoms with Gasteiger partial charge in [-0.2, -0.15) is 0 Å². The number of anilines is 2. The third-order valence-corrected chi connectivity index (χ3v) is 3.22. The second-order valence-electron chi connectivity index (χ2n) is 4.74. The van der Waals surface area contributed by atoms with E-state index in [9.17, 15) is 14.9 Å². The fourth-order valence-electron chi connectivity index (χ4n) is 2.06. The van der Waals surface area contributed by atoms with Crippen LogP contribution < -0.4 is 20.1 Å². The Morgan fingerprint density at radius 1 is 1.12 bits per heavy atom. The van der Waals surface area contributed by atoms with Gasteiger partial charge in [-0.3, -0.25) is 14.9 Å². The van der Waals surface area contributed by atoms with Crippen molar-refractivity contribution in [3.63, 3.8) is 0 Å². The summed E-state index contributed by atoms with van der Waals surface area (Å²) in [5.74, 6) is 0.516. The Kier molecular flexibility index (Phi) is 5.56. The predicted molar refractivity (Wildman–Crippen MR) is 89.8 cm³/mol. The summed E-state index contributed by atoms with van der Waals surface area (Å²) in [7, 11) is 2.94. The molecule has 0 radical (unpaired) electrons. The highest BCUT2D eigenvalue weighted by atomic mass is 16.6. The molecule has 2 rings (SSSR count). The number of nitro groups is 1. The summed E-state index contributed by atoms with van der Waals surface area (Å²) in [6, 6.07) is 11.4. The van der Waals surface area contributed by atoms with Crippen LogP contribution in [0.25, 0.3) is 0 Å². The quantitative estimate of drug-likeness (QED) is 0.597. The summed E-state index contributed by atoms with van der Waals surface area (Å²) < 4.78 is 10.1. The number of para-hydroxylation sites is 2. The fourth-order valence-corrected chi connectivity index (χ4v) is 2.06. The minimum Gasteiger partial charge on any atom is -0.496 e. The molecule has 0 aliphatic heterocycles. The molecule has 0 heterocycles. The van der Waals surface area contributed by atoms with Gasteiger partial charge in [0, 0.05) is 0 Å². The molecule has 0 unspecified atom stereocenters. The maximum Gasteiger partial charge on any atom is 0.296 e. The van der Waals surface area contributed by atoms with Crippen LogP contribution in [0.1, 0.15) is 0 Å². The summed E-state index contributed by atoms with van der Waals surface area (Å²) in [4.78, 5) is 22.6. The normalized spacial score (nSPS) is 9.92. The third kappa shape index (κ3) is 4.13. The van der Waals surface area contributed by atoms with E-state index in [-0.39, 0.29) is 17.9 Å². The lowest BCUT2D eigenvalue weighted by molar-refractivity contribution is -0.384. The Morgan fingerprint density at radius 3 is 2.54 bits per heavy atom. The summed E-state index contributed by atoms with van der Waals surface area (Å²) in [6.07, 6.45) is 0. The van der Waals surface area contributed by atoms with Crippen molar-refractivity contribution in [3.05, 3.63) is 52.6 Å². The van der Waals surface area contributed by atoms with Gasteiger partial charge in [-0.1, -0.05) is 12.1 Å². The molecule has 8 nitrogen and oxygen atoms in total. The van der Waals surface area contributed by atoms with Gasteiger partial charge in [0.1, 0.15) is 17.2 Å². The van der Waals surface area contributed by atoms with Gasteiger partial charge in [0.15, 0.2) is 0 Å². The van der Waals surface area contributed by atoms with E-state index in [1.54, 1.807) is 18.2 Å². The highest BCUT2D eigenvalue weighted by molar-refractivity contribution is 5.96. The Morgan fingerprint density at radius 2 is 1.88 bits per heavy atom. The van der Waals surface area contributed by atoms with Crippen molar-refractivity contribution in [1.82, 2.24) is 0 Å². The van der Waals surface area contributed by atoms with Crippen molar-refractivity contribution in [2.45, 2.75) is 0 Å². The molecule has 0 aliphatic rings. The monoisotopic (exact) mass is 331 g/mol. The number of carbonyl (C=O) groups excluding carboxylic acids is 1. The minimum absolute atomic E-state index is 0.0659. The molecule has 126 valence electrons. The molecule has 0 atom stereocenters. The number of ether oxygens (including phenoxy) is 2. The molecule has 0 aliphatic carbocycles. The van der Waals surface area contributed by atoms with Crippen LogP contribution in [-0.4, -0.2) is 31.6 Å². The van der Waals surface area contributed by atoms with E-state index >= 15 is 0 Å². The lowest BCUT2D eigenvalue weighted by Crippen LogP contribution is -2.22. The van der Waals surface area contributed by atoms with Crippen LogP contribution in [0.3, 0.4) is 0 Å². The average molecular weight is 331 g/mol. The van der Waals surface area contributed by atoms with E-state index in [0.717, 1.165) is 0 Å². The van der Waals surface area contributed by atoms with Gasteiger partial charge < -0.3 is 20.1 Å². The number of nitro benzene ring substituents is 1. The Labute approximate surface area is 138 Å². The molecule has 2 aromatic carbocycles. The molecule has 0 aromatic heterocycles. The van der Waals surface area contributed by atoms with Crippen LogP contribution in [0.5, 0.6) is 11.5 Å². The second-order valence-corrected chi connectivity index (χ2v) is 4.74. The van der Waals surface area contributed by atoms with E-state index < -0.39 is 10.8 Å². The maximum absolute atomic E-state index is 12.0. The van der Waals surface area contributed by atoms with Crippen LogP contribution in [0.15, 0.2) is 42.5 Å². The van der Waals surface area contributed by atoms with Crippen molar-refractivity contribution in [3.8, 4) is 11.5 Å². The number of carbonyl (C=O) groups is 1. The maximum atomic E-state index is 12.0. The highest BCUT2D eigenvalue weighted by Crippen LogP contribution is 2.29. The third-order valence-electron chi connectivity index (χ3n) is 3.22. The first kappa shape index (κ1) is 17.1. The summed E-state index contributed by atoms with van der Waals surface area (Å²) in [6.45, 7) is -0.0659. The Balaban J connectivity index is 2.06. The largest absolute Gasteiger partial charge is 0.496 e. The van der Waals surface area contributed by atoms with Crippen molar-refractivity contribution in [1.29, 1.82) is 0 Å². The number of methoxy groups -OCH3 is 2. The molecular formula is C16H17N3O5. The standard InChI is InChI=1S/C16H17N3O5/c1-23-11-7-8-12(14(9-11)19(21)22)18-16(20)10-17-13-5-3-4-6-15(13)24-2/h3-9,17H,10H2,1-2H3,(H,18,20). The van der Waals surface area contributed by atoms with Gasteiger partial charge in [0.05, 0.1) is 37.4 Å². The molecule has 0 fully saturated rings. The van der Waals surface area contributed by atoms with Gasteiger partial charge >= 0.3 is 0 Å². The Hall–Kier alpha value is -3.29. The molecule has 8 heteroatoms. The van der Waals surface area contributed by atoms with Crippen LogP contribution in [0.2, 0.25) is 0 Å². The van der Waals surface area contributed by atoms with Crippen molar-refractivity contribution >= 4 is 23.0 Å². The summed E-state index contributed by atoms with van der Waals surface area (Å²) in [5, 5.41) is 16.5. The number of benzene rings is 2. The van der Waals surface area contributed by atoms with Gasteiger partial charge in [0.25, 0.3) is 5.69 Å². The van der Waals surface area contributed by atoms with Crippen LogP contribution in [0.4, 0.5) is 17.1 Å². The highest BCUT2D eigenvalue weighted by Gasteiger charge is 2.17. The first-order chi connectivity index (χ1) is 11.5. The molecule has 0 spiro atoms. The van der Waals surface area contributed by atoms with E-state index in [4.69, 9.17) is 9.47 Å². The molecular weight excluding hydrogens is 314 g/mol. The van der Waals surface area contributed by atoms with Gasteiger partial charge in [-0.25, -0.2) is 0 Å². The van der Waals surface area contributed by atoms with Gasteiger partial charge in [-0.05, 0) is 24.3 Å². The zero-order valence-electron chi connectivity index (χ0n) is 13.2. The van der Waals surface area contributed by atoms with Crippen LogP contribution >= 0.6 is 0 Å². The zero-order chi connectivity index (χ0) is 17.5. The van der Waals surface area contributed by atoms with E-state index in [0.29, 0.717) is 17.2 Å². The fraction of sp³-hybridized carbons (Fsp3) is 0.188. The van der Waals surface area contributed by atoms with E-state index in [2.05, 4.69) is 10.6 Å². The first-order valence-electron chi connectivity index (χ1n) is 7.04. The number of hydrogen-bond acceptors (Lipinski definition) is 6. The van der Waals surface area contributed by atoms with Crippen LogP contribution in [-0.2, 0) is 4.79 Å². The number of nitrogens with one attached hydrogen (secondary N) is 2. The minimum atomic E-state index is -0.578. The van der Waals surface area contributed by atoms with Crippen molar-refractivity contribution in [2.75, 3.05) is 31.4 Å². The number of amides is 1. The van der Waals surface area contributed by atoms with E-state index in [1.165, 1.54) is 32.4 Å². The summed E-state index contributed by atoms with van der Waals surface area (Å²) >= 11 is 0. The van der Waals surface area contributed by atoms with Crippen LogP contribution in [0, 0.1) is 10.1 Å². The molecule has 2 aromatic rings. The van der Waals surface area contributed by atoms with Crippen molar-refractivity contribution < 1.29 is 19.2 Å². The molecule has 1 amide bonds. The predicted octanol–water partition coefficient (Wildman–Crippen LogP) is 2.66. The molecule has 0 bridgehead atoms. The van der Waals surface area contributed by atoms with E-state index in [1.807, 2.05) is 6.07 Å². The average Bonchev–Trinajstić information content (AvgIpc) is 2.60.